The van der Waals surface area contributed by atoms with Gasteiger partial charge in [0.1, 0.15) is 0 Å². The van der Waals surface area contributed by atoms with Crippen molar-refractivity contribution in [2.75, 3.05) is 43.4 Å². The maximum atomic E-state index is 12.7. The lowest BCUT2D eigenvalue weighted by molar-refractivity contribution is 0.0978. The van der Waals surface area contributed by atoms with Gasteiger partial charge in [0.2, 0.25) is 0 Å². The first-order valence-electron chi connectivity index (χ1n) is 9.74. The minimum absolute atomic E-state index is 0.217. The highest BCUT2D eigenvalue weighted by atomic mass is 32.1. The molecule has 0 atom stereocenters. The molecule has 0 aliphatic carbocycles. The van der Waals surface area contributed by atoms with Gasteiger partial charge in [0.25, 0.3) is 5.91 Å². The Labute approximate surface area is 176 Å². The molecular formula is C23H24N4OS. The van der Waals surface area contributed by atoms with E-state index in [0.717, 1.165) is 48.3 Å². The topological polar surface area (TPSA) is 47.6 Å². The van der Waals surface area contributed by atoms with Gasteiger partial charge in [-0.25, -0.2) is 0 Å². The van der Waals surface area contributed by atoms with E-state index in [0.29, 0.717) is 10.7 Å². The number of piperazine rings is 1. The Kier molecular flexibility index (Phi) is 5.74. The molecule has 0 bridgehead atoms. The van der Waals surface area contributed by atoms with Crippen LogP contribution in [0.1, 0.15) is 10.4 Å². The lowest BCUT2D eigenvalue weighted by atomic mass is 10.1. The largest absolute Gasteiger partial charge is 0.367 e. The summed E-state index contributed by atoms with van der Waals surface area (Å²) in [5.74, 6) is -0.217. The summed E-state index contributed by atoms with van der Waals surface area (Å²) in [6, 6.07) is 21.7. The van der Waals surface area contributed by atoms with Crippen LogP contribution in [0.25, 0.3) is 10.8 Å². The summed E-state index contributed by atoms with van der Waals surface area (Å²) in [7, 11) is 2.14. The average Bonchev–Trinajstić information content (AvgIpc) is 2.74. The van der Waals surface area contributed by atoms with Crippen LogP contribution in [0.2, 0.25) is 0 Å². The molecule has 1 aliphatic rings. The Bertz CT molecular complexity index is 1040. The number of amides is 1. The lowest BCUT2D eigenvalue weighted by Crippen LogP contribution is -2.45. The summed E-state index contributed by atoms with van der Waals surface area (Å²) < 4.78 is 0. The number of nitrogens with one attached hydrogen (secondary N) is 2. The maximum Gasteiger partial charge on any atom is 0.257 e. The maximum absolute atomic E-state index is 12.7. The normalized spacial score (nSPS) is 14.6. The number of nitrogens with zero attached hydrogens (tertiary/aromatic N) is 2. The number of carbonyl (C=O) groups excluding carboxylic acids is 1. The van der Waals surface area contributed by atoms with E-state index in [-0.39, 0.29) is 5.91 Å². The molecule has 0 radical (unpaired) electrons. The minimum atomic E-state index is -0.217. The van der Waals surface area contributed by atoms with Crippen molar-refractivity contribution >= 4 is 45.4 Å². The van der Waals surface area contributed by atoms with E-state index in [1.807, 2.05) is 60.7 Å². The van der Waals surface area contributed by atoms with Crippen molar-refractivity contribution < 1.29 is 4.79 Å². The fourth-order valence-corrected chi connectivity index (χ4v) is 3.76. The summed E-state index contributed by atoms with van der Waals surface area (Å²) >= 11 is 5.42. The number of anilines is 2. The highest BCUT2D eigenvalue weighted by molar-refractivity contribution is 7.80. The highest BCUT2D eigenvalue weighted by Gasteiger charge is 2.17. The standard InChI is InChI=1S/C23H24N4OS/c1-26-12-14-27(15-13-26)21-9-5-4-8-20(21)24-23(29)25-22(28)19-11-10-17-6-2-3-7-18(17)16-19/h2-11,16H,12-15H2,1H3,(H2,24,25,28,29). The number of fused-ring (bicyclic) bond motifs is 1. The molecule has 1 saturated heterocycles. The second kappa shape index (κ2) is 8.59. The minimum Gasteiger partial charge on any atom is -0.367 e. The molecule has 1 heterocycles. The van der Waals surface area contributed by atoms with Gasteiger partial charge in [-0.1, -0.05) is 42.5 Å². The third-order valence-corrected chi connectivity index (χ3v) is 5.44. The Balaban J connectivity index is 1.45. The number of hydrogen-bond donors (Lipinski definition) is 2. The first-order chi connectivity index (χ1) is 14.1. The summed E-state index contributed by atoms with van der Waals surface area (Å²) in [4.78, 5) is 17.3. The summed E-state index contributed by atoms with van der Waals surface area (Å²) in [5, 5.41) is 8.43. The van der Waals surface area contributed by atoms with Crippen LogP contribution in [0, 0.1) is 0 Å². The molecular weight excluding hydrogens is 380 g/mol. The van der Waals surface area contributed by atoms with Crippen LogP contribution in [-0.4, -0.2) is 49.1 Å². The molecule has 2 N–H and O–H groups in total. The van der Waals surface area contributed by atoms with E-state index in [1.54, 1.807) is 0 Å². The molecule has 29 heavy (non-hydrogen) atoms. The third-order valence-electron chi connectivity index (χ3n) is 5.23. The second-order valence-electron chi connectivity index (χ2n) is 7.28. The SMILES string of the molecule is CN1CCN(c2ccccc2NC(=S)NC(=O)c2ccc3ccccc3c2)CC1. The Hall–Kier alpha value is -2.96. The van der Waals surface area contributed by atoms with Crippen molar-refractivity contribution in [2.24, 2.45) is 0 Å². The predicted molar refractivity (Wildman–Crippen MR) is 124 cm³/mol. The van der Waals surface area contributed by atoms with Crippen molar-refractivity contribution in [3.8, 4) is 0 Å². The monoisotopic (exact) mass is 404 g/mol. The molecule has 0 spiro atoms. The van der Waals surface area contributed by atoms with Crippen molar-refractivity contribution in [3.63, 3.8) is 0 Å². The molecule has 1 amide bonds. The zero-order chi connectivity index (χ0) is 20.2. The number of rotatable bonds is 3. The van der Waals surface area contributed by atoms with Gasteiger partial charge in [-0.15, -0.1) is 0 Å². The summed E-state index contributed by atoms with van der Waals surface area (Å²) in [5.41, 5.74) is 2.59. The van der Waals surface area contributed by atoms with E-state index in [4.69, 9.17) is 12.2 Å². The molecule has 148 valence electrons. The van der Waals surface area contributed by atoms with E-state index >= 15 is 0 Å². The Morgan fingerprint density at radius 2 is 1.59 bits per heavy atom. The van der Waals surface area contributed by atoms with Crippen LogP contribution in [0.3, 0.4) is 0 Å². The number of benzene rings is 3. The highest BCUT2D eigenvalue weighted by Crippen LogP contribution is 2.26. The molecule has 0 unspecified atom stereocenters. The van der Waals surface area contributed by atoms with Crippen LogP contribution in [0.5, 0.6) is 0 Å². The molecule has 5 nitrogen and oxygen atoms in total. The van der Waals surface area contributed by atoms with E-state index in [2.05, 4.69) is 33.5 Å². The molecule has 3 aromatic rings. The van der Waals surface area contributed by atoms with Gasteiger partial charge in [-0.2, -0.15) is 0 Å². The van der Waals surface area contributed by atoms with Crippen LogP contribution in [0.4, 0.5) is 11.4 Å². The zero-order valence-electron chi connectivity index (χ0n) is 16.4. The van der Waals surface area contributed by atoms with Gasteiger partial charge in [0.15, 0.2) is 5.11 Å². The van der Waals surface area contributed by atoms with Crippen molar-refractivity contribution in [2.45, 2.75) is 0 Å². The third kappa shape index (κ3) is 4.55. The van der Waals surface area contributed by atoms with Crippen molar-refractivity contribution in [1.82, 2.24) is 10.2 Å². The smallest absolute Gasteiger partial charge is 0.257 e. The van der Waals surface area contributed by atoms with Crippen LogP contribution < -0.4 is 15.5 Å². The molecule has 3 aromatic carbocycles. The first-order valence-corrected chi connectivity index (χ1v) is 10.1. The van der Waals surface area contributed by atoms with E-state index < -0.39 is 0 Å². The van der Waals surface area contributed by atoms with Gasteiger partial charge in [-0.3, -0.25) is 10.1 Å². The molecule has 0 aromatic heterocycles. The van der Waals surface area contributed by atoms with Gasteiger partial charge >= 0.3 is 0 Å². The molecule has 6 heteroatoms. The molecule has 1 fully saturated rings. The number of likely N-dealkylation sites (N-methyl/N-ethyl adjacent to an activating group) is 1. The predicted octanol–water partition coefficient (Wildman–Crippen LogP) is 3.72. The number of hydrogen-bond acceptors (Lipinski definition) is 4. The van der Waals surface area contributed by atoms with Gasteiger partial charge in [-0.05, 0) is 54.3 Å². The fourth-order valence-electron chi connectivity index (χ4n) is 3.56. The first kappa shape index (κ1) is 19.4. The molecule has 0 saturated carbocycles. The van der Waals surface area contributed by atoms with E-state index in [1.165, 1.54) is 0 Å². The Morgan fingerprint density at radius 3 is 2.38 bits per heavy atom. The fraction of sp³-hybridized carbons (Fsp3) is 0.217. The average molecular weight is 405 g/mol. The number of carbonyl (C=O) groups is 1. The van der Waals surface area contributed by atoms with Gasteiger partial charge in [0.05, 0.1) is 11.4 Å². The van der Waals surface area contributed by atoms with Gasteiger partial charge in [0, 0.05) is 31.7 Å². The zero-order valence-corrected chi connectivity index (χ0v) is 17.2. The Morgan fingerprint density at radius 1 is 0.897 bits per heavy atom. The van der Waals surface area contributed by atoms with E-state index in [9.17, 15) is 4.79 Å². The quantitative estimate of drug-likeness (QED) is 0.652. The van der Waals surface area contributed by atoms with Crippen molar-refractivity contribution in [1.29, 1.82) is 0 Å². The van der Waals surface area contributed by atoms with Crippen LogP contribution in [0.15, 0.2) is 66.7 Å². The second-order valence-corrected chi connectivity index (χ2v) is 7.69. The lowest BCUT2D eigenvalue weighted by Gasteiger charge is -2.35. The summed E-state index contributed by atoms with van der Waals surface area (Å²) in [6.45, 7) is 3.98. The molecule has 4 rings (SSSR count). The van der Waals surface area contributed by atoms with Gasteiger partial charge < -0.3 is 15.1 Å². The summed E-state index contributed by atoms with van der Waals surface area (Å²) in [6.07, 6.45) is 0. The van der Waals surface area contributed by atoms with Crippen LogP contribution in [-0.2, 0) is 0 Å². The number of thiocarbonyl (C=S) groups is 1. The van der Waals surface area contributed by atoms with Crippen molar-refractivity contribution in [3.05, 3.63) is 72.3 Å². The molecule has 1 aliphatic heterocycles. The number of para-hydroxylation sites is 2. The van der Waals surface area contributed by atoms with Crippen LogP contribution >= 0.6 is 12.2 Å².